The van der Waals surface area contributed by atoms with Gasteiger partial charge < -0.3 is 9.84 Å². The van der Waals surface area contributed by atoms with E-state index in [-0.39, 0.29) is 17.6 Å². The molecule has 0 bridgehead atoms. The molecule has 1 amide bonds. The lowest BCUT2D eigenvalue weighted by Crippen LogP contribution is -2.40. The van der Waals surface area contributed by atoms with Crippen LogP contribution in [0.4, 0.5) is 10.1 Å². The van der Waals surface area contributed by atoms with Crippen molar-refractivity contribution in [1.29, 1.82) is 0 Å². The van der Waals surface area contributed by atoms with Crippen LogP contribution >= 0.6 is 11.8 Å². The summed E-state index contributed by atoms with van der Waals surface area (Å²) in [6.07, 6.45) is 6.78. The van der Waals surface area contributed by atoms with Gasteiger partial charge in [-0.2, -0.15) is 0 Å². The fraction of sp³-hybridized carbons (Fsp3) is 0.292. The van der Waals surface area contributed by atoms with Crippen LogP contribution in [-0.2, 0) is 9.59 Å². The van der Waals surface area contributed by atoms with Crippen molar-refractivity contribution in [1.82, 2.24) is 4.90 Å². The van der Waals surface area contributed by atoms with Crippen molar-refractivity contribution in [2.24, 2.45) is 4.99 Å². The number of hydrogen-bond acceptors (Lipinski definition) is 5. The minimum atomic E-state index is -1.06. The normalized spacial score (nSPS) is 19.7. The van der Waals surface area contributed by atoms with Crippen LogP contribution in [0.3, 0.4) is 0 Å². The van der Waals surface area contributed by atoms with Gasteiger partial charge in [0.15, 0.2) is 11.8 Å². The molecule has 1 N–H and O–H groups in total. The van der Waals surface area contributed by atoms with Gasteiger partial charge in [0.05, 0.1) is 4.91 Å². The summed E-state index contributed by atoms with van der Waals surface area (Å²) in [6, 6.07) is 13.2. The van der Waals surface area contributed by atoms with Crippen molar-refractivity contribution >= 4 is 40.6 Å². The van der Waals surface area contributed by atoms with Gasteiger partial charge >= 0.3 is 5.97 Å². The van der Waals surface area contributed by atoms with Crippen LogP contribution in [0.2, 0.25) is 0 Å². The number of halogens is 1. The molecule has 2 aromatic carbocycles. The van der Waals surface area contributed by atoms with Gasteiger partial charge in [0.25, 0.3) is 5.91 Å². The highest BCUT2D eigenvalue weighted by Gasteiger charge is 2.38. The Morgan fingerprint density at radius 1 is 1.19 bits per heavy atom. The largest absolute Gasteiger partial charge is 0.482 e. The number of rotatable bonds is 6. The Bertz CT molecular complexity index is 1080. The number of carbonyl (C=O) groups is 2. The van der Waals surface area contributed by atoms with Crippen molar-refractivity contribution in [2.75, 3.05) is 6.61 Å². The SMILES string of the molecule is O=C(O)COc1cccc(/C=C2\SC(=Nc3ccccc3F)N(C3CCCCC3)C2=O)c1. The lowest BCUT2D eigenvalue weighted by atomic mass is 9.94. The summed E-state index contributed by atoms with van der Waals surface area (Å²) in [7, 11) is 0. The number of hydrogen-bond donors (Lipinski definition) is 1. The summed E-state index contributed by atoms with van der Waals surface area (Å²) in [4.78, 5) is 30.8. The van der Waals surface area contributed by atoms with Gasteiger partial charge in [0.1, 0.15) is 17.3 Å². The number of carbonyl (C=O) groups excluding carboxylic acids is 1. The molecule has 2 aromatic rings. The van der Waals surface area contributed by atoms with Crippen LogP contribution in [0.15, 0.2) is 58.4 Å². The van der Waals surface area contributed by atoms with E-state index >= 15 is 0 Å². The molecule has 4 rings (SSSR count). The van der Waals surface area contributed by atoms with Crippen molar-refractivity contribution in [2.45, 2.75) is 38.1 Å². The Balaban J connectivity index is 1.65. The summed E-state index contributed by atoms with van der Waals surface area (Å²) in [5, 5.41) is 9.28. The Morgan fingerprint density at radius 2 is 1.97 bits per heavy atom. The fourth-order valence-corrected chi connectivity index (χ4v) is 4.91. The van der Waals surface area contributed by atoms with E-state index in [0.717, 1.165) is 32.1 Å². The maximum Gasteiger partial charge on any atom is 0.341 e. The molecular weight excluding hydrogens is 431 g/mol. The first kappa shape index (κ1) is 22.1. The van der Waals surface area contributed by atoms with Gasteiger partial charge in [-0.15, -0.1) is 0 Å². The number of benzene rings is 2. The lowest BCUT2D eigenvalue weighted by molar-refractivity contribution is -0.139. The van der Waals surface area contributed by atoms with Gasteiger partial charge in [0.2, 0.25) is 0 Å². The summed E-state index contributed by atoms with van der Waals surface area (Å²) in [6.45, 7) is -0.442. The number of thioether (sulfide) groups is 1. The van der Waals surface area contributed by atoms with Gasteiger partial charge in [-0.1, -0.05) is 43.5 Å². The van der Waals surface area contributed by atoms with E-state index in [4.69, 9.17) is 9.84 Å². The van der Waals surface area contributed by atoms with E-state index in [9.17, 15) is 14.0 Å². The van der Waals surface area contributed by atoms with Gasteiger partial charge in [0, 0.05) is 6.04 Å². The Morgan fingerprint density at radius 3 is 2.72 bits per heavy atom. The molecule has 32 heavy (non-hydrogen) atoms. The maximum absolute atomic E-state index is 14.2. The molecule has 6 nitrogen and oxygen atoms in total. The molecule has 8 heteroatoms. The Labute approximate surface area is 189 Å². The minimum Gasteiger partial charge on any atom is -0.482 e. The highest BCUT2D eigenvalue weighted by Crippen LogP contribution is 2.39. The highest BCUT2D eigenvalue weighted by atomic mass is 32.2. The molecule has 2 aliphatic rings. The molecule has 0 radical (unpaired) electrons. The molecule has 1 saturated carbocycles. The summed E-state index contributed by atoms with van der Waals surface area (Å²) >= 11 is 1.23. The van der Waals surface area contributed by atoms with E-state index in [1.807, 2.05) is 6.07 Å². The number of aliphatic carboxylic acids is 1. The number of carboxylic acid groups (broad SMARTS) is 1. The average Bonchev–Trinajstić information content (AvgIpc) is 3.09. The second kappa shape index (κ2) is 9.99. The fourth-order valence-electron chi connectivity index (χ4n) is 3.86. The first-order valence-electron chi connectivity index (χ1n) is 10.5. The first-order valence-corrected chi connectivity index (χ1v) is 11.3. The first-order chi connectivity index (χ1) is 15.5. The zero-order chi connectivity index (χ0) is 22.5. The van der Waals surface area contributed by atoms with Crippen molar-refractivity contribution < 1.29 is 23.8 Å². The molecule has 0 unspecified atom stereocenters. The molecular formula is C24H23FN2O4S. The highest BCUT2D eigenvalue weighted by molar-refractivity contribution is 8.18. The van der Waals surface area contributed by atoms with Gasteiger partial charge in [-0.05, 0) is 60.5 Å². The molecule has 0 aromatic heterocycles. The quantitative estimate of drug-likeness (QED) is 0.605. The zero-order valence-corrected chi connectivity index (χ0v) is 18.2. The third-order valence-electron chi connectivity index (χ3n) is 5.36. The summed E-state index contributed by atoms with van der Waals surface area (Å²) in [5.41, 5.74) is 0.911. The molecule has 0 atom stereocenters. The summed E-state index contributed by atoms with van der Waals surface area (Å²) < 4.78 is 19.5. The number of amidine groups is 1. The smallest absolute Gasteiger partial charge is 0.341 e. The van der Waals surface area contributed by atoms with Crippen molar-refractivity contribution in [3.8, 4) is 5.75 Å². The van der Waals surface area contributed by atoms with Crippen LogP contribution in [0.5, 0.6) is 5.75 Å². The van der Waals surface area contributed by atoms with Crippen LogP contribution in [0, 0.1) is 5.82 Å². The third kappa shape index (κ3) is 5.19. The van der Waals surface area contributed by atoms with Crippen LogP contribution < -0.4 is 4.74 Å². The molecule has 1 aliphatic heterocycles. The van der Waals surface area contributed by atoms with Crippen molar-refractivity contribution in [3.63, 3.8) is 0 Å². The molecule has 1 saturated heterocycles. The third-order valence-corrected chi connectivity index (χ3v) is 6.35. The predicted octanol–water partition coefficient (Wildman–Crippen LogP) is 5.23. The average molecular weight is 455 g/mol. The van der Waals surface area contributed by atoms with Gasteiger partial charge in [-0.3, -0.25) is 9.69 Å². The van der Waals surface area contributed by atoms with E-state index in [1.54, 1.807) is 47.4 Å². The standard InChI is InChI=1S/C24H23FN2O4S/c25-19-11-4-5-12-20(19)26-24-27(17-8-2-1-3-9-17)23(30)21(32-24)14-16-7-6-10-18(13-16)31-15-22(28)29/h4-7,10-14,17H,1-3,8-9,15H2,(H,28,29)/b21-14-,26-24?. The maximum atomic E-state index is 14.2. The Kier molecular flexibility index (Phi) is 6.90. The summed E-state index contributed by atoms with van der Waals surface area (Å²) in [5.74, 6) is -1.24. The predicted molar refractivity (Wildman–Crippen MR) is 122 cm³/mol. The molecule has 0 spiro atoms. The molecule has 1 heterocycles. The number of para-hydroxylation sites is 1. The lowest BCUT2D eigenvalue weighted by Gasteiger charge is -2.30. The number of amides is 1. The molecule has 166 valence electrons. The second-order valence-corrected chi connectivity index (χ2v) is 8.69. The minimum absolute atomic E-state index is 0.0467. The van der Waals surface area contributed by atoms with Crippen LogP contribution in [0.25, 0.3) is 6.08 Å². The number of nitrogens with zero attached hydrogens (tertiary/aromatic N) is 2. The van der Waals surface area contributed by atoms with E-state index < -0.39 is 18.4 Å². The monoisotopic (exact) mass is 454 g/mol. The number of aliphatic imine (C=N–C) groups is 1. The molecule has 1 aliphatic carbocycles. The Hall–Kier alpha value is -3.13. The topological polar surface area (TPSA) is 79.2 Å². The van der Waals surface area contributed by atoms with E-state index in [1.165, 1.54) is 17.8 Å². The van der Waals surface area contributed by atoms with Crippen LogP contribution in [0.1, 0.15) is 37.7 Å². The number of ether oxygens (including phenoxy) is 1. The van der Waals surface area contributed by atoms with Gasteiger partial charge in [-0.25, -0.2) is 14.2 Å². The molecule has 2 fully saturated rings. The second-order valence-electron chi connectivity index (χ2n) is 7.68. The van der Waals surface area contributed by atoms with E-state index in [0.29, 0.717) is 21.4 Å². The van der Waals surface area contributed by atoms with Crippen LogP contribution in [-0.4, -0.2) is 39.7 Å². The number of carboxylic acids is 1. The zero-order valence-electron chi connectivity index (χ0n) is 17.4. The van der Waals surface area contributed by atoms with Crippen molar-refractivity contribution in [3.05, 3.63) is 64.8 Å². The van der Waals surface area contributed by atoms with E-state index in [2.05, 4.69) is 4.99 Å².